The fourth-order valence-electron chi connectivity index (χ4n) is 3.39. The summed E-state index contributed by atoms with van der Waals surface area (Å²) < 4.78 is 10.8. The van der Waals surface area contributed by atoms with Crippen LogP contribution in [-0.2, 0) is 0 Å². The quantitative estimate of drug-likeness (QED) is 0.558. The topological polar surface area (TPSA) is 32.6 Å². The van der Waals surface area contributed by atoms with Crippen LogP contribution in [0.5, 0.6) is 11.5 Å². The number of pyridine rings is 1. The zero-order chi connectivity index (χ0) is 17.4. The van der Waals surface area contributed by atoms with Crippen LogP contribution in [0.2, 0.25) is 0 Å². The first kappa shape index (κ1) is 15.5. The van der Waals surface area contributed by atoms with Gasteiger partial charge in [0.25, 0.3) is 0 Å². The minimum absolute atomic E-state index is 0.735. The van der Waals surface area contributed by atoms with Gasteiger partial charge in [-0.15, -0.1) is 0 Å². The Morgan fingerprint density at radius 1 is 0.840 bits per heavy atom. The fourth-order valence-corrected chi connectivity index (χ4v) is 3.39. The normalized spacial score (nSPS) is 13.5. The first-order valence-corrected chi connectivity index (χ1v) is 8.27. The summed E-state index contributed by atoms with van der Waals surface area (Å²) in [6.07, 6.45) is 4.18. The molecule has 0 spiro atoms. The predicted octanol–water partition coefficient (Wildman–Crippen LogP) is 4.40. The van der Waals surface area contributed by atoms with Gasteiger partial charge in [0.2, 0.25) is 5.69 Å². The Kier molecular flexibility index (Phi) is 3.77. The molecule has 3 aromatic rings. The summed E-state index contributed by atoms with van der Waals surface area (Å²) in [6, 6.07) is 16.8. The van der Waals surface area contributed by atoms with E-state index in [0.717, 1.165) is 17.1 Å². The van der Waals surface area contributed by atoms with Crippen molar-refractivity contribution < 1.29 is 14.5 Å². The van der Waals surface area contributed by atoms with Crippen LogP contribution in [0.3, 0.4) is 0 Å². The number of ether oxygens (including phenoxy) is 2. The lowest BCUT2D eigenvalue weighted by molar-refractivity contribution is -0.364. The summed E-state index contributed by atoms with van der Waals surface area (Å²) in [4.78, 5) is 3.40. The fraction of sp³-hybridized carbons (Fsp3) is 0.136. The molecular weight excluding hydrogens is 310 g/mol. The van der Waals surface area contributed by atoms with Gasteiger partial charge in [-0.05, 0) is 54.0 Å². The van der Waals surface area contributed by atoms with E-state index in [1.807, 2.05) is 24.4 Å². The summed E-state index contributed by atoms with van der Waals surface area (Å²) in [5, 5.41) is 0. The van der Waals surface area contributed by atoms with Gasteiger partial charge in [0, 0.05) is 6.07 Å². The Hall–Kier alpha value is -3.07. The highest BCUT2D eigenvalue weighted by Crippen LogP contribution is 2.43. The molecule has 2 aromatic carbocycles. The molecule has 0 fully saturated rings. The molecule has 1 aliphatic rings. The van der Waals surface area contributed by atoms with Gasteiger partial charge in [0.1, 0.15) is 0 Å². The maximum atomic E-state index is 5.44. The number of H-pyrrole nitrogens is 1. The van der Waals surface area contributed by atoms with Gasteiger partial charge >= 0.3 is 0 Å². The molecular formula is C22H20NO2+. The molecule has 0 unspecified atom stereocenters. The van der Waals surface area contributed by atoms with Gasteiger partial charge in [0.15, 0.2) is 17.7 Å². The second kappa shape index (κ2) is 6.10. The van der Waals surface area contributed by atoms with E-state index < -0.39 is 0 Å². The van der Waals surface area contributed by atoms with Gasteiger partial charge in [0.05, 0.1) is 25.3 Å². The molecule has 4 rings (SSSR count). The van der Waals surface area contributed by atoms with E-state index in [9.17, 15) is 0 Å². The Morgan fingerprint density at radius 3 is 2.48 bits per heavy atom. The van der Waals surface area contributed by atoms with Crippen LogP contribution < -0.4 is 14.5 Å². The number of aromatic amines is 1. The number of aromatic nitrogens is 1. The van der Waals surface area contributed by atoms with Gasteiger partial charge in [-0.1, -0.05) is 23.8 Å². The second-order valence-corrected chi connectivity index (χ2v) is 6.18. The summed E-state index contributed by atoms with van der Waals surface area (Å²) >= 11 is 0. The number of methoxy groups -OCH3 is 2. The number of rotatable bonds is 3. The minimum atomic E-state index is 0.735. The molecule has 0 bridgehead atoms. The molecule has 3 heteroatoms. The molecule has 1 heterocycles. The Morgan fingerprint density at radius 2 is 1.68 bits per heavy atom. The van der Waals surface area contributed by atoms with Crippen LogP contribution in [0, 0.1) is 6.92 Å². The highest BCUT2D eigenvalue weighted by molar-refractivity contribution is 6.04. The Bertz CT molecular complexity index is 989. The van der Waals surface area contributed by atoms with Crippen molar-refractivity contribution in [2.45, 2.75) is 6.92 Å². The SMILES string of the molecule is COc1ccc(C=C2c3cc(C)ccc3-c3[nH+]cccc32)cc1OC. The van der Waals surface area contributed by atoms with E-state index in [1.165, 1.54) is 33.5 Å². The molecule has 3 nitrogen and oxygen atoms in total. The van der Waals surface area contributed by atoms with Crippen molar-refractivity contribution in [3.8, 4) is 22.8 Å². The van der Waals surface area contributed by atoms with Crippen LogP contribution >= 0.6 is 0 Å². The highest BCUT2D eigenvalue weighted by Gasteiger charge is 2.28. The Labute approximate surface area is 147 Å². The average Bonchev–Trinajstić information content (AvgIpc) is 2.95. The first-order valence-electron chi connectivity index (χ1n) is 8.27. The van der Waals surface area contributed by atoms with Crippen LogP contribution in [0.1, 0.15) is 22.3 Å². The molecule has 0 saturated heterocycles. The average molecular weight is 330 g/mol. The first-order chi connectivity index (χ1) is 12.2. The molecule has 1 aromatic heterocycles. The summed E-state index contributed by atoms with van der Waals surface area (Å²) in [5.74, 6) is 1.47. The smallest absolute Gasteiger partial charge is 0.219 e. The standard InChI is InChI=1S/C22H19NO2/c1-14-6-8-17-18(11-14)19(16-5-4-10-23-22(16)17)12-15-7-9-20(24-2)21(13-15)25-3/h4-13H,1-3H3/p+1. The molecule has 0 saturated carbocycles. The Balaban J connectivity index is 1.90. The molecule has 1 N–H and O–H groups in total. The lowest BCUT2D eigenvalue weighted by Gasteiger charge is -2.09. The van der Waals surface area contributed by atoms with Crippen LogP contribution in [0.4, 0.5) is 0 Å². The number of hydrogen-bond donors (Lipinski definition) is 0. The van der Waals surface area contributed by atoms with E-state index in [4.69, 9.17) is 9.47 Å². The van der Waals surface area contributed by atoms with Crippen LogP contribution in [0.15, 0.2) is 54.7 Å². The molecule has 0 atom stereocenters. The number of fused-ring (bicyclic) bond motifs is 3. The van der Waals surface area contributed by atoms with Crippen LogP contribution in [0.25, 0.3) is 22.9 Å². The third-order valence-corrected chi connectivity index (χ3v) is 4.60. The molecule has 25 heavy (non-hydrogen) atoms. The van der Waals surface area contributed by atoms with E-state index >= 15 is 0 Å². The maximum absolute atomic E-state index is 5.44. The number of hydrogen-bond acceptors (Lipinski definition) is 2. The number of aryl methyl sites for hydroxylation is 1. The van der Waals surface area contributed by atoms with Crippen molar-refractivity contribution in [2.75, 3.05) is 14.2 Å². The van der Waals surface area contributed by atoms with Crippen molar-refractivity contribution in [2.24, 2.45) is 0 Å². The second-order valence-electron chi connectivity index (χ2n) is 6.18. The van der Waals surface area contributed by atoms with Crippen molar-refractivity contribution in [3.63, 3.8) is 0 Å². The lowest BCUT2D eigenvalue weighted by Crippen LogP contribution is -2.04. The third kappa shape index (κ3) is 2.58. The zero-order valence-corrected chi connectivity index (χ0v) is 14.6. The largest absolute Gasteiger partial charge is 0.493 e. The van der Waals surface area contributed by atoms with E-state index in [2.05, 4.69) is 48.3 Å². The van der Waals surface area contributed by atoms with Gasteiger partial charge in [-0.3, -0.25) is 0 Å². The molecule has 124 valence electrons. The van der Waals surface area contributed by atoms with Crippen molar-refractivity contribution in [3.05, 3.63) is 77.0 Å². The molecule has 1 aliphatic carbocycles. The third-order valence-electron chi connectivity index (χ3n) is 4.60. The number of nitrogens with one attached hydrogen (secondary N) is 1. The lowest BCUT2D eigenvalue weighted by atomic mass is 10.00. The monoisotopic (exact) mass is 330 g/mol. The predicted molar refractivity (Wildman–Crippen MR) is 99.7 cm³/mol. The van der Waals surface area contributed by atoms with Gasteiger partial charge < -0.3 is 9.47 Å². The summed E-state index contributed by atoms with van der Waals surface area (Å²) in [5.41, 5.74) is 8.45. The maximum Gasteiger partial charge on any atom is 0.219 e. The molecule has 0 aliphatic heterocycles. The highest BCUT2D eigenvalue weighted by atomic mass is 16.5. The van der Waals surface area contributed by atoms with Crippen LogP contribution in [-0.4, -0.2) is 14.2 Å². The summed E-state index contributed by atoms with van der Waals surface area (Å²) in [6.45, 7) is 2.13. The van der Waals surface area contributed by atoms with Gasteiger partial charge in [-0.25, -0.2) is 4.98 Å². The molecule has 0 amide bonds. The number of benzene rings is 2. The van der Waals surface area contributed by atoms with E-state index in [0.29, 0.717) is 0 Å². The minimum Gasteiger partial charge on any atom is -0.493 e. The molecule has 0 radical (unpaired) electrons. The van der Waals surface area contributed by atoms with Crippen molar-refractivity contribution >= 4 is 11.6 Å². The zero-order valence-electron chi connectivity index (χ0n) is 14.6. The van der Waals surface area contributed by atoms with Gasteiger partial charge in [-0.2, -0.15) is 0 Å². The van der Waals surface area contributed by atoms with E-state index in [-0.39, 0.29) is 0 Å². The van der Waals surface area contributed by atoms with E-state index in [1.54, 1.807) is 14.2 Å². The summed E-state index contributed by atoms with van der Waals surface area (Å²) in [7, 11) is 3.31. The van der Waals surface area contributed by atoms with Crippen molar-refractivity contribution in [1.82, 2.24) is 0 Å². The van der Waals surface area contributed by atoms with Crippen molar-refractivity contribution in [1.29, 1.82) is 0 Å².